The van der Waals surface area contributed by atoms with Crippen molar-refractivity contribution in [3.05, 3.63) is 0 Å². The third-order valence-corrected chi connectivity index (χ3v) is 1.02. The molecule has 0 saturated heterocycles. The van der Waals surface area contributed by atoms with Crippen molar-refractivity contribution < 1.29 is 18.9 Å². The molecule has 0 aliphatic heterocycles. The van der Waals surface area contributed by atoms with E-state index in [0.717, 1.165) is 0 Å². The molecule has 0 aromatic rings. The summed E-state index contributed by atoms with van der Waals surface area (Å²) < 4.78 is 14.2. The number of hydrogen-bond acceptors (Lipinski definition) is 6. The van der Waals surface area contributed by atoms with Crippen LogP contribution in [0.1, 0.15) is 12.8 Å². The van der Waals surface area contributed by atoms with E-state index in [4.69, 9.17) is 25.6 Å². The van der Waals surface area contributed by atoms with Crippen LogP contribution in [0.4, 0.5) is 0 Å². The first kappa shape index (κ1) is 14.4. The number of nitrogens with two attached hydrogens (primary N) is 2. The maximum Gasteiger partial charge on any atom is 0.320 e. The van der Waals surface area contributed by atoms with Gasteiger partial charge in [-0.05, 0) is 6.42 Å². The molecule has 0 unspecified atom stereocenters. The van der Waals surface area contributed by atoms with Crippen LogP contribution in [0.5, 0.6) is 0 Å². The van der Waals surface area contributed by atoms with Crippen molar-refractivity contribution in [3.8, 4) is 0 Å². The van der Waals surface area contributed by atoms with E-state index in [-0.39, 0.29) is 12.8 Å². The first-order valence-electron chi connectivity index (χ1n) is 3.21. The minimum atomic E-state index is -1.11. The Bertz CT molecular complexity index is 214. The molecule has 0 fully saturated rings. The highest BCUT2D eigenvalue weighted by molar-refractivity contribution is 7.52. The van der Waals surface area contributed by atoms with Gasteiger partial charge in [0.05, 0.1) is 0 Å². The fourth-order valence-corrected chi connectivity index (χ4v) is 0.421. The number of aliphatic carboxylic acids is 1. The number of primary amides is 1. The molecule has 1 amide bonds. The smallest absolute Gasteiger partial charge is 0.320 e. The second kappa shape index (κ2) is 8.94. The zero-order chi connectivity index (χ0) is 10.9. The molecule has 0 saturated carbocycles. The zero-order valence-electron chi connectivity index (χ0n) is 6.77. The van der Waals surface area contributed by atoms with Crippen molar-refractivity contribution in [3.63, 3.8) is 0 Å². The lowest BCUT2D eigenvalue weighted by molar-refractivity contribution is -0.138. The van der Waals surface area contributed by atoms with Crippen LogP contribution in [-0.2, 0) is 25.3 Å². The first-order chi connectivity index (χ1) is 5.95. The maximum atomic E-state index is 10.1. The summed E-state index contributed by atoms with van der Waals surface area (Å²) in [4.78, 5) is 20.1. The van der Waals surface area contributed by atoms with Crippen molar-refractivity contribution in [1.82, 2.24) is 0 Å². The highest BCUT2D eigenvalue weighted by atomic mass is 32.1. The summed E-state index contributed by atoms with van der Waals surface area (Å²) in [5.74, 6) is -1.64. The second-order valence-electron chi connectivity index (χ2n) is 2.04. The van der Waals surface area contributed by atoms with Crippen molar-refractivity contribution in [2.45, 2.75) is 18.9 Å². The molecular formula is C5H12N3O4S-. The molecule has 0 radical (unpaired) electrons. The molecule has 0 heterocycles. The fraction of sp³-hybridized carbons (Fsp3) is 0.600. The van der Waals surface area contributed by atoms with Gasteiger partial charge in [-0.3, -0.25) is 9.59 Å². The number of nitrogens with one attached hydrogen (secondary N) is 1. The Balaban J connectivity index is 0. The van der Waals surface area contributed by atoms with Gasteiger partial charge in [-0.15, -0.1) is 0 Å². The second-order valence-corrected chi connectivity index (χ2v) is 2.22. The van der Waals surface area contributed by atoms with Gasteiger partial charge < -0.3 is 25.6 Å². The summed E-state index contributed by atoms with van der Waals surface area (Å²) in [6, 6.07) is -0.979. The van der Waals surface area contributed by atoms with Crippen LogP contribution in [-0.4, -0.2) is 23.0 Å². The molecule has 1 atom stereocenters. The van der Waals surface area contributed by atoms with Gasteiger partial charge in [0.25, 0.3) is 0 Å². The average molecular weight is 210 g/mol. The van der Waals surface area contributed by atoms with Crippen molar-refractivity contribution in [2.24, 2.45) is 11.5 Å². The molecule has 0 rings (SSSR count). The summed E-state index contributed by atoms with van der Waals surface area (Å²) in [7, 11) is 0. The number of hydrogen-bond donors (Lipinski definition) is 4. The maximum absolute atomic E-state index is 10.1. The molecule has 8 heteroatoms. The summed E-state index contributed by atoms with van der Waals surface area (Å²) >= 11 is -0.583. The Hall–Kier alpha value is -1.15. The number of carboxylic acid groups (broad SMARTS) is 1. The van der Waals surface area contributed by atoms with Gasteiger partial charge in [-0.1, -0.05) is 0 Å². The van der Waals surface area contributed by atoms with Gasteiger partial charge in [0, 0.05) is 6.42 Å². The van der Waals surface area contributed by atoms with E-state index in [2.05, 4.69) is 0 Å². The highest BCUT2D eigenvalue weighted by Crippen LogP contribution is 1.92. The van der Waals surface area contributed by atoms with E-state index in [1.54, 1.807) is 0 Å². The Kier molecular flexibility index (Phi) is 9.89. The number of carboxylic acids is 1. The van der Waals surface area contributed by atoms with Gasteiger partial charge in [-0.2, -0.15) is 0 Å². The van der Waals surface area contributed by atoms with E-state index in [9.17, 15) is 9.59 Å². The lowest BCUT2D eigenvalue weighted by Gasteiger charge is -2.01. The van der Waals surface area contributed by atoms with Crippen LogP contribution in [0, 0.1) is 4.78 Å². The van der Waals surface area contributed by atoms with Gasteiger partial charge in [-0.25, -0.2) is 11.5 Å². The molecule has 0 spiro atoms. The van der Waals surface area contributed by atoms with Crippen LogP contribution in [0.2, 0.25) is 0 Å². The van der Waals surface area contributed by atoms with Gasteiger partial charge in [0.1, 0.15) is 6.04 Å². The van der Waals surface area contributed by atoms with Crippen LogP contribution in [0.15, 0.2) is 0 Å². The zero-order valence-corrected chi connectivity index (χ0v) is 7.66. The van der Waals surface area contributed by atoms with Crippen molar-refractivity contribution in [2.75, 3.05) is 0 Å². The number of rotatable bonds is 4. The van der Waals surface area contributed by atoms with Crippen LogP contribution in [0.25, 0.3) is 0 Å². The minimum absolute atomic E-state index is 0.0213. The topological polar surface area (TPSA) is 147 Å². The number of carbonyl (C=O) groups excluding carboxylic acids is 1. The summed E-state index contributed by atoms with van der Waals surface area (Å²) in [5, 5.41) is 8.22. The predicted octanol–water partition coefficient (Wildman–Crippen LogP) is -1.43. The molecule has 0 aliphatic carbocycles. The molecule has 0 aromatic heterocycles. The summed E-state index contributed by atoms with van der Waals surface area (Å²) in [5.41, 5.74) is 9.81. The lowest BCUT2D eigenvalue weighted by atomic mass is 10.2. The molecule has 78 valence electrons. The summed E-state index contributed by atoms with van der Waals surface area (Å²) in [6.45, 7) is 0. The van der Waals surface area contributed by atoms with Crippen LogP contribution >= 0.6 is 0 Å². The van der Waals surface area contributed by atoms with E-state index >= 15 is 0 Å². The third-order valence-electron chi connectivity index (χ3n) is 1.02. The predicted molar refractivity (Wildman–Crippen MR) is 46.2 cm³/mol. The molecule has 0 bridgehead atoms. The summed E-state index contributed by atoms with van der Waals surface area (Å²) in [6.07, 6.45) is 0.123. The van der Waals surface area contributed by atoms with E-state index in [1.807, 2.05) is 0 Å². The Labute approximate surface area is 78.1 Å². The van der Waals surface area contributed by atoms with Crippen molar-refractivity contribution in [1.29, 1.82) is 4.78 Å². The van der Waals surface area contributed by atoms with Gasteiger partial charge >= 0.3 is 5.97 Å². The molecule has 0 aromatic carbocycles. The minimum Gasteiger partial charge on any atom is -0.480 e. The van der Waals surface area contributed by atoms with Crippen LogP contribution < -0.4 is 11.5 Å². The Morgan fingerprint density at radius 3 is 2.15 bits per heavy atom. The van der Waals surface area contributed by atoms with Gasteiger partial charge in [0.15, 0.2) is 0 Å². The molecule has 0 aliphatic rings. The number of amides is 1. The molecule has 6 N–H and O–H groups in total. The third kappa shape index (κ3) is 13.8. The monoisotopic (exact) mass is 210 g/mol. The highest BCUT2D eigenvalue weighted by Gasteiger charge is 2.11. The normalized spacial score (nSPS) is 10.8. The fourth-order valence-electron chi connectivity index (χ4n) is 0.421. The van der Waals surface area contributed by atoms with Gasteiger partial charge in [0.2, 0.25) is 5.91 Å². The van der Waals surface area contributed by atoms with E-state index in [0.29, 0.717) is 0 Å². The van der Waals surface area contributed by atoms with E-state index < -0.39 is 29.4 Å². The molecular weight excluding hydrogens is 198 g/mol. The molecule has 7 nitrogen and oxygen atoms in total. The Morgan fingerprint density at radius 2 is 1.92 bits per heavy atom. The van der Waals surface area contributed by atoms with E-state index in [1.165, 1.54) is 0 Å². The number of carbonyl (C=O) groups is 2. The largest absolute Gasteiger partial charge is 0.480 e. The standard InChI is InChI=1S/C5H10N2O3.H2NOS/c6-3(5(9)10)1-2-4(7)8;1-3-2/h3H,1-2,6H2,(H2,7,8)(H,9,10);1,3H/q;-1/t3-;/m0./s1. The quantitative estimate of drug-likeness (QED) is 0.332. The first-order valence-corrected chi connectivity index (χ1v) is 4.02. The lowest BCUT2D eigenvalue weighted by Crippen LogP contribution is -2.31. The SMILES string of the molecule is N=[SH-]=O.NC(=O)CC[C@H](N)C(=O)O. The number of thiol groups is 1. The van der Waals surface area contributed by atoms with Crippen molar-refractivity contribution >= 4 is 23.3 Å². The molecule has 13 heavy (non-hydrogen) atoms. The average Bonchev–Trinajstić information content (AvgIpc) is 2.01. The van der Waals surface area contributed by atoms with Crippen LogP contribution in [0.3, 0.4) is 0 Å². The Morgan fingerprint density at radius 1 is 1.54 bits per heavy atom.